The van der Waals surface area contributed by atoms with Crippen LogP contribution in [0.1, 0.15) is 37.3 Å². The maximum absolute atomic E-state index is 12.1. The van der Waals surface area contributed by atoms with Gasteiger partial charge >= 0.3 is 0 Å². The highest BCUT2D eigenvalue weighted by Crippen LogP contribution is 2.29. The summed E-state index contributed by atoms with van der Waals surface area (Å²) in [6, 6.07) is 26.3. The Morgan fingerprint density at radius 2 is 1.78 bits per heavy atom. The van der Waals surface area contributed by atoms with Crippen molar-refractivity contribution in [1.29, 1.82) is 0 Å². The van der Waals surface area contributed by atoms with Crippen LogP contribution in [0.4, 0.5) is 11.4 Å². The van der Waals surface area contributed by atoms with Crippen molar-refractivity contribution in [2.24, 2.45) is 15.3 Å². The molecule has 0 bridgehead atoms. The topological polar surface area (TPSA) is 95.6 Å². The Bertz CT molecular complexity index is 1390. The molecule has 0 aliphatic heterocycles. The predicted molar refractivity (Wildman–Crippen MR) is 143 cm³/mol. The molecular weight excluding hydrogens is 452 g/mol. The number of carbonyl (C=O) groups is 1. The monoisotopic (exact) mass is 480 g/mol. The number of phenols is 1. The molecule has 0 radical (unpaired) electrons. The first-order chi connectivity index (χ1) is 17.5. The molecule has 0 saturated heterocycles. The third kappa shape index (κ3) is 6.33. The van der Waals surface area contributed by atoms with Crippen LogP contribution in [0.3, 0.4) is 0 Å². The Morgan fingerprint density at radius 1 is 1.00 bits per heavy atom. The third-order valence-corrected chi connectivity index (χ3v) is 5.88. The van der Waals surface area contributed by atoms with E-state index in [2.05, 4.69) is 34.6 Å². The smallest absolute Gasteiger partial charge is 0.277 e. The second-order valence-corrected chi connectivity index (χ2v) is 8.40. The summed E-state index contributed by atoms with van der Waals surface area (Å²) >= 11 is 0. The number of nitrogens with zero attached hydrogens (tertiary/aromatic N) is 3. The zero-order chi connectivity index (χ0) is 25.3. The number of hydrogen-bond acceptors (Lipinski definition) is 6. The molecule has 1 atom stereocenters. The highest BCUT2D eigenvalue weighted by atomic mass is 16.5. The molecule has 0 fully saturated rings. The molecule has 0 aromatic heterocycles. The van der Waals surface area contributed by atoms with Crippen molar-refractivity contribution in [1.82, 2.24) is 5.43 Å². The van der Waals surface area contributed by atoms with E-state index in [1.165, 1.54) is 17.8 Å². The molecule has 182 valence electrons. The summed E-state index contributed by atoms with van der Waals surface area (Å²) in [5.74, 6) is 0.688. The zero-order valence-corrected chi connectivity index (χ0v) is 20.3. The zero-order valence-electron chi connectivity index (χ0n) is 20.3. The van der Waals surface area contributed by atoms with Crippen molar-refractivity contribution < 1.29 is 14.6 Å². The molecule has 36 heavy (non-hydrogen) atoms. The lowest BCUT2D eigenvalue weighted by atomic mass is 9.99. The van der Waals surface area contributed by atoms with Crippen molar-refractivity contribution in [2.75, 3.05) is 6.61 Å². The fourth-order valence-corrected chi connectivity index (χ4v) is 3.60. The van der Waals surface area contributed by atoms with Crippen LogP contribution in [0.2, 0.25) is 0 Å². The Hall–Kier alpha value is -4.52. The normalized spacial score (nSPS) is 12.3. The average molecular weight is 481 g/mol. The number of fused-ring (bicyclic) bond motifs is 1. The third-order valence-electron chi connectivity index (χ3n) is 5.88. The molecule has 7 nitrogen and oxygen atoms in total. The van der Waals surface area contributed by atoms with Crippen molar-refractivity contribution in [3.05, 3.63) is 96.1 Å². The standard InChI is InChI=1S/C29H28N4O3/c1-3-20(2)21-11-14-25(15-12-21)36-19-29(35)33-30-18-23-17-24(13-16-28(23)34)31-32-27-10-6-8-22-7-4-5-9-26(22)27/h4-18,20,34H,3,19H2,1-2H3,(H,33,35). The van der Waals surface area contributed by atoms with Gasteiger partial charge in [0.1, 0.15) is 11.5 Å². The Balaban J connectivity index is 1.35. The lowest BCUT2D eigenvalue weighted by Gasteiger charge is -2.10. The maximum atomic E-state index is 12.1. The number of rotatable bonds is 9. The molecule has 4 aromatic rings. The van der Waals surface area contributed by atoms with Crippen LogP contribution < -0.4 is 10.2 Å². The average Bonchev–Trinajstić information content (AvgIpc) is 2.92. The van der Waals surface area contributed by atoms with E-state index in [-0.39, 0.29) is 12.4 Å². The Morgan fingerprint density at radius 3 is 2.58 bits per heavy atom. The minimum absolute atomic E-state index is 0.00903. The largest absolute Gasteiger partial charge is 0.507 e. The lowest BCUT2D eigenvalue weighted by Crippen LogP contribution is -2.24. The van der Waals surface area contributed by atoms with Crippen LogP contribution in [0.5, 0.6) is 11.5 Å². The SMILES string of the molecule is CCC(C)c1ccc(OCC(=O)NN=Cc2cc(N=Nc3cccc4ccccc34)ccc2O)cc1. The van der Waals surface area contributed by atoms with Gasteiger partial charge in [-0.25, -0.2) is 5.43 Å². The number of azo groups is 1. The summed E-state index contributed by atoms with van der Waals surface area (Å²) in [6.07, 6.45) is 2.41. The van der Waals surface area contributed by atoms with Gasteiger partial charge in [-0.15, -0.1) is 5.11 Å². The number of benzene rings is 4. The van der Waals surface area contributed by atoms with Crippen LogP contribution >= 0.6 is 0 Å². The number of phenolic OH excluding ortho intramolecular Hbond substituents is 1. The molecule has 4 aromatic carbocycles. The van der Waals surface area contributed by atoms with Crippen LogP contribution in [-0.4, -0.2) is 23.8 Å². The number of amides is 1. The molecule has 0 aliphatic rings. The summed E-state index contributed by atoms with van der Waals surface area (Å²) < 4.78 is 5.52. The number of hydrazone groups is 1. The second kappa shape index (κ2) is 11.8. The number of carbonyl (C=O) groups excluding carboxylic acids is 1. The number of aromatic hydroxyl groups is 1. The number of nitrogens with one attached hydrogen (secondary N) is 1. The quantitative estimate of drug-likeness (QED) is 0.153. The van der Waals surface area contributed by atoms with Gasteiger partial charge in [0.15, 0.2) is 6.61 Å². The summed E-state index contributed by atoms with van der Waals surface area (Å²) in [4.78, 5) is 12.1. The van der Waals surface area contributed by atoms with Gasteiger partial charge < -0.3 is 9.84 Å². The first-order valence-electron chi connectivity index (χ1n) is 11.8. The van der Waals surface area contributed by atoms with Gasteiger partial charge in [-0.3, -0.25) is 4.79 Å². The molecule has 4 rings (SSSR count). The minimum Gasteiger partial charge on any atom is -0.507 e. The fourth-order valence-electron chi connectivity index (χ4n) is 3.60. The first kappa shape index (κ1) is 24.6. The molecule has 1 amide bonds. The van der Waals surface area contributed by atoms with E-state index in [4.69, 9.17) is 4.74 Å². The highest BCUT2D eigenvalue weighted by Gasteiger charge is 2.06. The van der Waals surface area contributed by atoms with Gasteiger partial charge in [-0.1, -0.05) is 62.4 Å². The van der Waals surface area contributed by atoms with Gasteiger partial charge in [0.25, 0.3) is 5.91 Å². The summed E-state index contributed by atoms with van der Waals surface area (Å²) in [7, 11) is 0. The van der Waals surface area contributed by atoms with Gasteiger partial charge in [0.2, 0.25) is 0 Å². The van der Waals surface area contributed by atoms with E-state index in [9.17, 15) is 9.90 Å². The second-order valence-electron chi connectivity index (χ2n) is 8.40. The van der Waals surface area contributed by atoms with Crippen molar-refractivity contribution >= 4 is 34.3 Å². The van der Waals surface area contributed by atoms with Crippen molar-refractivity contribution in [2.45, 2.75) is 26.2 Å². The predicted octanol–water partition coefficient (Wildman–Crippen LogP) is 7.00. The number of ether oxygens (including phenoxy) is 1. The van der Waals surface area contributed by atoms with E-state index in [0.29, 0.717) is 22.9 Å². The number of hydrogen-bond donors (Lipinski definition) is 2. The minimum atomic E-state index is -0.413. The maximum Gasteiger partial charge on any atom is 0.277 e. The summed E-state index contributed by atoms with van der Waals surface area (Å²) in [5.41, 5.74) is 5.32. The van der Waals surface area contributed by atoms with E-state index < -0.39 is 5.91 Å². The van der Waals surface area contributed by atoms with E-state index >= 15 is 0 Å². The Labute approximate surface area is 210 Å². The highest BCUT2D eigenvalue weighted by molar-refractivity contribution is 5.92. The molecule has 0 heterocycles. The summed E-state index contributed by atoms with van der Waals surface area (Å²) in [6.45, 7) is 4.14. The molecule has 7 heteroatoms. The van der Waals surface area contributed by atoms with Crippen LogP contribution in [0.25, 0.3) is 10.8 Å². The molecule has 0 aliphatic carbocycles. The molecule has 1 unspecified atom stereocenters. The van der Waals surface area contributed by atoms with E-state index in [1.54, 1.807) is 12.1 Å². The molecule has 2 N–H and O–H groups in total. The summed E-state index contributed by atoms with van der Waals surface area (Å²) in [5, 5.41) is 24.8. The van der Waals surface area contributed by atoms with Crippen LogP contribution in [0, 0.1) is 0 Å². The van der Waals surface area contributed by atoms with Crippen molar-refractivity contribution in [3.63, 3.8) is 0 Å². The van der Waals surface area contributed by atoms with Gasteiger partial charge in [-0.05, 0) is 59.7 Å². The van der Waals surface area contributed by atoms with E-state index in [0.717, 1.165) is 22.9 Å². The van der Waals surface area contributed by atoms with Gasteiger partial charge in [0, 0.05) is 10.9 Å². The van der Waals surface area contributed by atoms with Gasteiger partial charge in [0.05, 0.1) is 17.6 Å². The van der Waals surface area contributed by atoms with Crippen molar-refractivity contribution in [3.8, 4) is 11.5 Å². The molecule has 0 spiro atoms. The van der Waals surface area contributed by atoms with Gasteiger partial charge in [-0.2, -0.15) is 10.2 Å². The lowest BCUT2D eigenvalue weighted by molar-refractivity contribution is -0.123. The van der Waals surface area contributed by atoms with Crippen LogP contribution in [-0.2, 0) is 4.79 Å². The molecule has 0 saturated carbocycles. The van der Waals surface area contributed by atoms with Crippen LogP contribution in [0.15, 0.2) is 100 Å². The first-order valence-corrected chi connectivity index (χ1v) is 11.8. The molecular formula is C29H28N4O3. The van der Waals surface area contributed by atoms with E-state index in [1.807, 2.05) is 66.7 Å². The Kier molecular flexibility index (Phi) is 8.03. The fraction of sp³-hybridized carbons (Fsp3) is 0.172.